The van der Waals surface area contributed by atoms with Crippen molar-refractivity contribution in [1.29, 1.82) is 0 Å². The van der Waals surface area contributed by atoms with Crippen LogP contribution in [0.4, 0.5) is 32.3 Å². The summed E-state index contributed by atoms with van der Waals surface area (Å²) in [6, 6.07) is 17.0. The van der Waals surface area contributed by atoms with Gasteiger partial charge in [-0.3, -0.25) is 0 Å². The molecule has 252 valence electrons. The van der Waals surface area contributed by atoms with E-state index in [1.54, 1.807) is 42.5 Å². The number of amides is 1. The lowest BCUT2D eigenvalue weighted by atomic mass is 10.1. The van der Waals surface area contributed by atoms with Gasteiger partial charge in [-0.25, -0.2) is 23.9 Å². The molecule has 1 aliphatic rings. The summed E-state index contributed by atoms with van der Waals surface area (Å²) in [4.78, 5) is 38.6. The number of aromatic nitrogens is 2. The van der Waals surface area contributed by atoms with Crippen molar-refractivity contribution in [3.63, 3.8) is 0 Å². The maximum Gasteiger partial charge on any atom is 0.425 e. The van der Waals surface area contributed by atoms with Gasteiger partial charge in [0, 0.05) is 36.6 Å². The number of hydrogen-bond acceptors (Lipinski definition) is 11. The van der Waals surface area contributed by atoms with E-state index < -0.39 is 17.9 Å². The number of ether oxygens (including phenoxy) is 5. The van der Waals surface area contributed by atoms with Crippen molar-refractivity contribution in [2.75, 3.05) is 57.8 Å². The minimum atomic E-state index is -0.910. The summed E-state index contributed by atoms with van der Waals surface area (Å²) in [6.07, 6.45) is 5.06. The van der Waals surface area contributed by atoms with Gasteiger partial charge in [-0.15, -0.1) is 0 Å². The quantitative estimate of drug-likeness (QED) is 0.121. The molecule has 1 fully saturated rings. The molecular weight excluding hydrogens is 621 g/mol. The fourth-order valence-electron chi connectivity index (χ4n) is 5.27. The van der Waals surface area contributed by atoms with Crippen LogP contribution in [-0.4, -0.2) is 74.5 Å². The van der Waals surface area contributed by atoms with Crippen molar-refractivity contribution >= 4 is 35.2 Å². The molecule has 0 atom stereocenters. The number of para-hydroxylation sites is 1. The number of halogens is 1. The van der Waals surface area contributed by atoms with Crippen molar-refractivity contribution in [2.24, 2.45) is 0 Å². The Morgan fingerprint density at radius 1 is 0.917 bits per heavy atom. The maximum absolute atomic E-state index is 15.0. The van der Waals surface area contributed by atoms with Crippen molar-refractivity contribution < 1.29 is 37.7 Å². The third-order valence-electron chi connectivity index (χ3n) is 7.68. The largest absolute Gasteiger partial charge is 0.497 e. The van der Waals surface area contributed by atoms with Gasteiger partial charge in [-0.2, -0.15) is 4.98 Å². The van der Waals surface area contributed by atoms with Gasteiger partial charge in [0.2, 0.25) is 5.95 Å². The summed E-state index contributed by atoms with van der Waals surface area (Å²) in [5.74, 6) is -0.165. The van der Waals surface area contributed by atoms with Gasteiger partial charge in [-0.1, -0.05) is 18.6 Å². The number of nitrogens with one attached hydrogen (secondary N) is 1. The number of rotatable bonds is 13. The minimum Gasteiger partial charge on any atom is -0.497 e. The summed E-state index contributed by atoms with van der Waals surface area (Å²) in [5, 5.41) is 2.98. The van der Waals surface area contributed by atoms with E-state index in [1.165, 1.54) is 71.1 Å². The molecule has 1 saturated heterocycles. The standard InChI is InChI=1S/C35H38FN5O7/c1-44-25-13-14-28(31(23-25)45-2)41(35(43)48-29-11-6-5-10-26(29)33(42)46-3)32-16-17-37-34(39-32)38-24-12-15-30(27(36)22-24)47-21-9-20-40-18-7-4-8-19-40/h5-6,10-17,22-23H,4,7-9,18-21H2,1-3H3,(H,37,38,39). The monoisotopic (exact) mass is 659 g/mol. The molecule has 0 aliphatic carbocycles. The number of piperidine rings is 1. The van der Waals surface area contributed by atoms with Crippen LogP contribution in [0.25, 0.3) is 0 Å². The second kappa shape index (κ2) is 16.4. The molecule has 1 aliphatic heterocycles. The highest BCUT2D eigenvalue weighted by Crippen LogP contribution is 2.37. The Morgan fingerprint density at radius 3 is 2.48 bits per heavy atom. The average molecular weight is 660 g/mol. The Morgan fingerprint density at radius 2 is 1.73 bits per heavy atom. The fraction of sp³-hybridized carbons (Fsp3) is 0.314. The molecule has 13 heteroatoms. The van der Waals surface area contributed by atoms with Crippen LogP contribution in [0.15, 0.2) is 72.9 Å². The Bertz CT molecular complexity index is 1720. The second-order valence-corrected chi connectivity index (χ2v) is 10.8. The Hall–Kier alpha value is -5.43. The highest BCUT2D eigenvalue weighted by molar-refractivity contribution is 6.00. The van der Waals surface area contributed by atoms with Crippen molar-refractivity contribution in [1.82, 2.24) is 14.9 Å². The number of esters is 1. The van der Waals surface area contributed by atoms with E-state index in [9.17, 15) is 14.0 Å². The molecule has 3 aromatic carbocycles. The van der Waals surface area contributed by atoms with E-state index in [0.29, 0.717) is 18.0 Å². The Labute approximate surface area is 278 Å². The molecule has 1 N–H and O–H groups in total. The van der Waals surface area contributed by atoms with E-state index in [-0.39, 0.29) is 40.3 Å². The molecular formula is C35H38FN5O7. The van der Waals surface area contributed by atoms with Gasteiger partial charge in [-0.05, 0) is 68.8 Å². The number of hydrogen-bond donors (Lipinski definition) is 1. The molecule has 12 nitrogen and oxygen atoms in total. The number of likely N-dealkylation sites (tertiary alicyclic amines) is 1. The number of methoxy groups -OCH3 is 3. The first-order valence-corrected chi connectivity index (χ1v) is 15.6. The predicted octanol–water partition coefficient (Wildman–Crippen LogP) is 6.76. The summed E-state index contributed by atoms with van der Waals surface area (Å²) < 4.78 is 42.1. The van der Waals surface area contributed by atoms with Crippen molar-refractivity contribution in [3.8, 4) is 23.0 Å². The molecule has 48 heavy (non-hydrogen) atoms. The summed E-state index contributed by atoms with van der Waals surface area (Å²) in [5.41, 5.74) is 0.682. The molecule has 0 spiro atoms. The lowest BCUT2D eigenvalue weighted by Crippen LogP contribution is -2.31. The van der Waals surface area contributed by atoms with E-state index in [2.05, 4.69) is 20.2 Å². The molecule has 0 unspecified atom stereocenters. The number of anilines is 4. The van der Waals surface area contributed by atoms with Crippen molar-refractivity contribution in [3.05, 3.63) is 84.3 Å². The third kappa shape index (κ3) is 8.48. The zero-order valence-electron chi connectivity index (χ0n) is 27.1. The summed E-state index contributed by atoms with van der Waals surface area (Å²) in [6.45, 7) is 3.55. The first-order valence-electron chi connectivity index (χ1n) is 15.6. The lowest BCUT2D eigenvalue weighted by molar-refractivity contribution is 0.0598. The van der Waals surface area contributed by atoms with Gasteiger partial charge in [0.1, 0.15) is 28.6 Å². The summed E-state index contributed by atoms with van der Waals surface area (Å²) >= 11 is 0. The Balaban J connectivity index is 1.36. The molecule has 0 radical (unpaired) electrons. The second-order valence-electron chi connectivity index (χ2n) is 10.8. The zero-order valence-corrected chi connectivity index (χ0v) is 27.1. The smallest absolute Gasteiger partial charge is 0.425 e. The number of carbonyl (C=O) groups excluding carboxylic acids is 2. The molecule has 1 aromatic heterocycles. The molecule has 0 saturated carbocycles. The van der Waals surface area contributed by atoms with Gasteiger partial charge >= 0.3 is 12.1 Å². The SMILES string of the molecule is COC(=O)c1ccccc1OC(=O)N(c1ccnc(Nc2ccc(OCCCN3CCCCC3)c(F)c2)n1)c1ccc(OC)cc1OC. The lowest BCUT2D eigenvalue weighted by Gasteiger charge is -2.26. The first kappa shape index (κ1) is 33.9. The average Bonchev–Trinajstić information content (AvgIpc) is 3.11. The molecule has 4 aromatic rings. The van der Waals surface area contributed by atoms with Gasteiger partial charge in [0.25, 0.3) is 0 Å². The van der Waals surface area contributed by atoms with Crippen LogP contribution in [0, 0.1) is 5.82 Å². The number of carbonyl (C=O) groups is 2. The van der Waals surface area contributed by atoms with Crippen LogP contribution in [0.3, 0.4) is 0 Å². The van der Waals surface area contributed by atoms with E-state index in [4.69, 9.17) is 23.7 Å². The number of benzene rings is 3. The van der Waals surface area contributed by atoms with Gasteiger partial charge in [0.05, 0.1) is 33.6 Å². The van der Waals surface area contributed by atoms with Crippen LogP contribution in [-0.2, 0) is 4.74 Å². The van der Waals surface area contributed by atoms with Crippen molar-refractivity contribution in [2.45, 2.75) is 25.7 Å². The topological polar surface area (TPSA) is 125 Å². The van der Waals surface area contributed by atoms with Crippen LogP contribution in [0.2, 0.25) is 0 Å². The normalized spacial score (nSPS) is 12.9. The predicted molar refractivity (Wildman–Crippen MR) is 178 cm³/mol. The number of nitrogens with zero attached hydrogens (tertiary/aromatic N) is 4. The fourth-order valence-corrected chi connectivity index (χ4v) is 5.27. The van der Waals surface area contributed by atoms with Crippen LogP contribution in [0.5, 0.6) is 23.0 Å². The first-order chi connectivity index (χ1) is 23.4. The molecule has 0 bridgehead atoms. The van der Waals surface area contributed by atoms with Crippen LogP contribution in [0.1, 0.15) is 36.0 Å². The molecule has 5 rings (SSSR count). The summed E-state index contributed by atoms with van der Waals surface area (Å²) in [7, 11) is 4.18. The zero-order chi connectivity index (χ0) is 33.9. The maximum atomic E-state index is 15.0. The van der Waals surface area contributed by atoms with Gasteiger partial charge < -0.3 is 33.9 Å². The molecule has 1 amide bonds. The van der Waals surface area contributed by atoms with E-state index in [1.807, 2.05) is 0 Å². The van der Waals surface area contributed by atoms with Gasteiger partial charge in [0.15, 0.2) is 11.6 Å². The van der Waals surface area contributed by atoms with E-state index >= 15 is 0 Å². The third-order valence-corrected chi connectivity index (χ3v) is 7.68. The Kier molecular flexibility index (Phi) is 11.6. The van der Waals surface area contributed by atoms with E-state index in [0.717, 1.165) is 31.0 Å². The van der Waals surface area contributed by atoms with Crippen LogP contribution < -0.4 is 29.2 Å². The van der Waals surface area contributed by atoms with Crippen LogP contribution >= 0.6 is 0 Å². The minimum absolute atomic E-state index is 0.0245. The molecule has 2 heterocycles. The highest BCUT2D eigenvalue weighted by atomic mass is 19.1. The highest BCUT2D eigenvalue weighted by Gasteiger charge is 2.27.